The highest BCUT2D eigenvalue weighted by Gasteiger charge is 2.20. The Hall–Kier alpha value is -3.58. The minimum atomic E-state index is -0.533. The van der Waals surface area contributed by atoms with E-state index >= 15 is 0 Å². The smallest absolute Gasteiger partial charge is 0.411 e. The summed E-state index contributed by atoms with van der Waals surface area (Å²) in [6, 6.07) is 25.1. The molecule has 0 aliphatic heterocycles. The van der Waals surface area contributed by atoms with Crippen molar-refractivity contribution >= 4 is 23.2 Å². The van der Waals surface area contributed by atoms with Crippen molar-refractivity contribution in [1.29, 1.82) is 0 Å². The van der Waals surface area contributed by atoms with E-state index in [0.717, 1.165) is 0 Å². The molecule has 0 N–H and O–H groups in total. The molecule has 0 aliphatic rings. The van der Waals surface area contributed by atoms with Gasteiger partial charge in [-0.05, 0) is 36.4 Å². The number of rotatable bonds is 3. The summed E-state index contributed by atoms with van der Waals surface area (Å²) in [5, 5.41) is 0. The van der Waals surface area contributed by atoms with E-state index in [-0.39, 0.29) is 0 Å². The van der Waals surface area contributed by atoms with Crippen LogP contribution in [0.4, 0.5) is 21.9 Å². The topological polar surface area (TPSA) is 33.9 Å². The zero-order valence-electron chi connectivity index (χ0n) is 12.8. The van der Waals surface area contributed by atoms with Gasteiger partial charge in [0, 0.05) is 0 Å². The number of amides is 1. The normalized spacial score (nSPS) is 9.79. The second-order valence-corrected chi connectivity index (χ2v) is 4.98. The van der Waals surface area contributed by atoms with Crippen molar-refractivity contribution in [3.05, 3.63) is 96.3 Å². The van der Waals surface area contributed by atoms with E-state index in [0.29, 0.717) is 22.8 Å². The van der Waals surface area contributed by atoms with Crippen molar-refractivity contribution in [2.45, 2.75) is 0 Å². The zero-order valence-corrected chi connectivity index (χ0v) is 12.8. The number of hydrogen-bond donors (Lipinski definition) is 0. The van der Waals surface area contributed by atoms with Gasteiger partial charge in [-0.2, -0.15) is 0 Å². The molecular weight excluding hydrogens is 300 g/mol. The summed E-state index contributed by atoms with van der Waals surface area (Å²) in [4.78, 5) is 17.6. The summed E-state index contributed by atoms with van der Waals surface area (Å²) in [7, 11) is 0. The molecule has 0 heterocycles. The summed E-state index contributed by atoms with van der Waals surface area (Å²) < 4.78 is 5.47. The van der Waals surface area contributed by atoms with E-state index < -0.39 is 6.09 Å². The highest BCUT2D eigenvalue weighted by molar-refractivity contribution is 5.97. The number of carbonyl (C=O) groups is 1. The first-order valence-corrected chi connectivity index (χ1v) is 7.37. The number of benzene rings is 3. The van der Waals surface area contributed by atoms with Gasteiger partial charge in [0.2, 0.25) is 0 Å². The number of carbonyl (C=O) groups excluding carboxylic acids is 1. The Balaban J connectivity index is 1.94. The molecule has 3 aromatic carbocycles. The van der Waals surface area contributed by atoms with Gasteiger partial charge in [0.25, 0.3) is 0 Å². The van der Waals surface area contributed by atoms with E-state index in [1.165, 1.54) is 4.90 Å². The van der Waals surface area contributed by atoms with Crippen LogP contribution >= 0.6 is 0 Å². The fourth-order valence-electron chi connectivity index (χ4n) is 2.28. The maximum atomic E-state index is 12.7. The molecule has 0 aromatic heterocycles. The highest BCUT2D eigenvalue weighted by Crippen LogP contribution is 2.27. The van der Waals surface area contributed by atoms with Crippen LogP contribution in [0.5, 0.6) is 5.75 Å². The number of hydrogen-bond acceptors (Lipinski definition) is 2. The first-order chi connectivity index (χ1) is 11.8. The minimum absolute atomic E-state index is 0.338. The molecule has 24 heavy (non-hydrogen) atoms. The fourth-order valence-corrected chi connectivity index (χ4v) is 2.28. The van der Waals surface area contributed by atoms with Gasteiger partial charge in [-0.1, -0.05) is 48.5 Å². The van der Waals surface area contributed by atoms with Crippen LogP contribution in [0.3, 0.4) is 0 Å². The molecule has 116 valence electrons. The molecular formula is C20H14N2O2. The Morgan fingerprint density at radius 3 is 1.96 bits per heavy atom. The monoisotopic (exact) mass is 314 g/mol. The van der Waals surface area contributed by atoms with Crippen LogP contribution in [0.2, 0.25) is 0 Å². The quantitative estimate of drug-likeness (QED) is 0.592. The third kappa shape index (κ3) is 3.42. The Labute approximate surface area is 140 Å². The molecule has 0 unspecified atom stereocenters. The maximum absolute atomic E-state index is 12.7. The molecule has 0 spiro atoms. The van der Waals surface area contributed by atoms with Crippen LogP contribution in [0.1, 0.15) is 0 Å². The lowest BCUT2D eigenvalue weighted by Gasteiger charge is -2.22. The van der Waals surface area contributed by atoms with Gasteiger partial charge in [-0.25, -0.2) is 14.5 Å². The van der Waals surface area contributed by atoms with Crippen LogP contribution in [0, 0.1) is 6.57 Å². The lowest BCUT2D eigenvalue weighted by atomic mass is 10.2. The van der Waals surface area contributed by atoms with Crippen molar-refractivity contribution in [1.82, 2.24) is 0 Å². The molecule has 0 radical (unpaired) electrons. The second-order valence-electron chi connectivity index (χ2n) is 4.98. The van der Waals surface area contributed by atoms with Crippen LogP contribution in [-0.4, -0.2) is 6.09 Å². The molecule has 4 nitrogen and oxygen atoms in total. The summed E-state index contributed by atoms with van der Waals surface area (Å²) >= 11 is 0. The summed E-state index contributed by atoms with van der Waals surface area (Å²) in [6.07, 6.45) is -0.533. The Bertz CT molecular complexity index is 831. The van der Waals surface area contributed by atoms with Gasteiger partial charge in [0.05, 0.1) is 17.9 Å². The molecule has 0 atom stereocenters. The molecule has 3 aromatic rings. The average Bonchev–Trinajstić information content (AvgIpc) is 2.64. The largest absolute Gasteiger partial charge is 0.424 e. The first kappa shape index (κ1) is 15.3. The first-order valence-electron chi connectivity index (χ1n) is 7.37. The maximum Gasteiger partial charge on any atom is 0.424 e. The van der Waals surface area contributed by atoms with Gasteiger partial charge >= 0.3 is 6.09 Å². The highest BCUT2D eigenvalue weighted by atomic mass is 16.6. The predicted molar refractivity (Wildman–Crippen MR) is 93.8 cm³/mol. The molecule has 3 rings (SSSR count). The van der Waals surface area contributed by atoms with E-state index in [9.17, 15) is 4.79 Å². The van der Waals surface area contributed by atoms with E-state index in [4.69, 9.17) is 11.3 Å². The van der Waals surface area contributed by atoms with Crippen LogP contribution in [0.15, 0.2) is 84.9 Å². The van der Waals surface area contributed by atoms with Gasteiger partial charge in [-0.3, -0.25) is 0 Å². The Morgan fingerprint density at radius 2 is 1.42 bits per heavy atom. The molecule has 0 bridgehead atoms. The van der Waals surface area contributed by atoms with Crippen LogP contribution in [-0.2, 0) is 0 Å². The van der Waals surface area contributed by atoms with Gasteiger partial charge < -0.3 is 4.74 Å². The molecule has 0 fully saturated rings. The fraction of sp³-hybridized carbons (Fsp3) is 0. The van der Waals surface area contributed by atoms with Crippen molar-refractivity contribution < 1.29 is 9.53 Å². The van der Waals surface area contributed by atoms with Crippen molar-refractivity contribution in [2.24, 2.45) is 0 Å². The SMILES string of the molecule is [C-]#[N+]c1cccc(OC(=O)N(c2ccccc2)c2ccccc2)c1. The lowest BCUT2D eigenvalue weighted by Crippen LogP contribution is -2.29. The van der Waals surface area contributed by atoms with Gasteiger partial charge in [0.15, 0.2) is 5.69 Å². The number of nitrogens with zero attached hydrogens (tertiary/aromatic N) is 2. The predicted octanol–water partition coefficient (Wildman–Crippen LogP) is 5.57. The molecule has 0 saturated heterocycles. The zero-order chi connectivity index (χ0) is 16.8. The summed E-state index contributed by atoms with van der Waals surface area (Å²) in [6.45, 7) is 7.05. The number of para-hydroxylation sites is 2. The lowest BCUT2D eigenvalue weighted by molar-refractivity contribution is 0.210. The third-order valence-corrected chi connectivity index (χ3v) is 3.36. The van der Waals surface area contributed by atoms with Crippen LogP contribution in [0.25, 0.3) is 4.85 Å². The number of anilines is 2. The Morgan fingerprint density at radius 1 is 0.833 bits per heavy atom. The average molecular weight is 314 g/mol. The van der Waals surface area contributed by atoms with E-state index in [2.05, 4.69) is 4.85 Å². The molecule has 4 heteroatoms. The van der Waals surface area contributed by atoms with Gasteiger partial charge in [0.1, 0.15) is 5.75 Å². The second kappa shape index (κ2) is 7.12. The Kier molecular flexibility index (Phi) is 4.55. The van der Waals surface area contributed by atoms with Crippen LogP contribution < -0.4 is 9.64 Å². The molecule has 1 amide bonds. The van der Waals surface area contributed by atoms with Gasteiger partial charge in [-0.15, -0.1) is 0 Å². The van der Waals surface area contributed by atoms with Crippen molar-refractivity contribution in [3.8, 4) is 5.75 Å². The molecule has 0 aliphatic carbocycles. The number of ether oxygens (including phenoxy) is 1. The standard InChI is InChI=1S/C20H14N2O2/c1-21-16-9-8-14-19(15-16)24-20(23)22(17-10-4-2-5-11-17)18-12-6-3-7-13-18/h2-15H. The summed E-state index contributed by atoms with van der Waals surface area (Å²) in [5.74, 6) is 0.338. The molecule has 0 saturated carbocycles. The third-order valence-electron chi connectivity index (χ3n) is 3.36. The summed E-state index contributed by atoms with van der Waals surface area (Å²) in [5.41, 5.74) is 1.83. The van der Waals surface area contributed by atoms with E-state index in [1.807, 2.05) is 60.7 Å². The minimum Gasteiger partial charge on any atom is -0.411 e. The van der Waals surface area contributed by atoms with Crippen molar-refractivity contribution in [2.75, 3.05) is 4.90 Å². The van der Waals surface area contributed by atoms with E-state index in [1.54, 1.807) is 24.3 Å². The van der Waals surface area contributed by atoms with Crippen molar-refractivity contribution in [3.63, 3.8) is 0 Å².